The fourth-order valence-electron chi connectivity index (χ4n) is 3.95. The molecule has 1 heterocycles. The van der Waals surface area contributed by atoms with E-state index >= 15 is 0 Å². The Morgan fingerprint density at radius 1 is 1.28 bits per heavy atom. The van der Waals surface area contributed by atoms with Gasteiger partial charge in [0.25, 0.3) is 0 Å². The molecule has 0 saturated carbocycles. The number of unbranched alkanes of at least 4 members (excludes halogenated alkanes) is 1. The summed E-state index contributed by atoms with van der Waals surface area (Å²) in [6, 6.07) is 7.10. The lowest BCUT2D eigenvalue weighted by Crippen LogP contribution is -2.65. The van der Waals surface area contributed by atoms with Crippen LogP contribution in [0.2, 0.25) is 0 Å². The van der Waals surface area contributed by atoms with E-state index in [1.807, 2.05) is 14.1 Å². The number of likely N-dealkylation sites (N-methyl/N-ethyl adjacent to an activating group) is 1. The first kappa shape index (κ1) is 23.9. The van der Waals surface area contributed by atoms with E-state index in [4.69, 9.17) is 4.74 Å². The molecule has 1 fully saturated rings. The highest BCUT2D eigenvalue weighted by atomic mass is 16.5. The van der Waals surface area contributed by atoms with Crippen LogP contribution in [0.1, 0.15) is 51.6 Å². The van der Waals surface area contributed by atoms with Gasteiger partial charge < -0.3 is 26.0 Å². The molecular formula is C22H42N6O. The Hall–Kier alpha value is -1.38. The Bertz CT molecular complexity index is 599. The first-order chi connectivity index (χ1) is 14.0. The number of methoxy groups -OCH3 is 1. The van der Waals surface area contributed by atoms with Crippen LogP contribution in [0.5, 0.6) is 5.75 Å². The van der Waals surface area contributed by atoms with Crippen LogP contribution in [0.4, 0.5) is 5.69 Å². The second-order valence-corrected chi connectivity index (χ2v) is 7.97. The molecule has 0 spiro atoms. The Morgan fingerprint density at radius 2 is 2.07 bits per heavy atom. The highest BCUT2D eigenvalue weighted by Crippen LogP contribution is 2.29. The molecule has 2 rings (SSSR count). The van der Waals surface area contributed by atoms with Crippen molar-refractivity contribution >= 4 is 5.69 Å². The maximum absolute atomic E-state index is 5.62. The van der Waals surface area contributed by atoms with E-state index in [-0.39, 0.29) is 12.3 Å². The van der Waals surface area contributed by atoms with Crippen LogP contribution in [-0.2, 0) is 0 Å². The Balaban J connectivity index is 2.17. The molecular weight excluding hydrogens is 364 g/mol. The third-order valence-corrected chi connectivity index (χ3v) is 5.78. The molecule has 7 heteroatoms. The first-order valence-corrected chi connectivity index (χ1v) is 11.1. The number of nitrogens with zero attached hydrogens (tertiary/aromatic N) is 1. The molecule has 1 aliphatic heterocycles. The average molecular weight is 407 g/mol. The predicted molar refractivity (Wildman–Crippen MR) is 122 cm³/mol. The zero-order chi connectivity index (χ0) is 21.2. The second kappa shape index (κ2) is 12.3. The third kappa shape index (κ3) is 6.83. The van der Waals surface area contributed by atoms with Gasteiger partial charge in [0, 0.05) is 43.0 Å². The van der Waals surface area contributed by atoms with E-state index in [0.29, 0.717) is 12.2 Å². The van der Waals surface area contributed by atoms with Crippen molar-refractivity contribution in [3.63, 3.8) is 0 Å². The van der Waals surface area contributed by atoms with E-state index < -0.39 is 0 Å². The Morgan fingerprint density at radius 3 is 2.72 bits per heavy atom. The molecule has 1 aromatic rings. The molecule has 5 N–H and O–H groups in total. The summed E-state index contributed by atoms with van der Waals surface area (Å²) in [6.07, 6.45) is 3.90. The normalized spacial score (nSPS) is 23.7. The summed E-state index contributed by atoms with van der Waals surface area (Å²) < 4.78 is 5.62. The van der Waals surface area contributed by atoms with E-state index in [9.17, 15) is 0 Å². The highest BCUT2D eigenvalue weighted by molar-refractivity contribution is 5.52. The van der Waals surface area contributed by atoms with Crippen molar-refractivity contribution in [1.29, 1.82) is 0 Å². The van der Waals surface area contributed by atoms with Gasteiger partial charge in [0.15, 0.2) is 0 Å². The molecule has 7 nitrogen and oxygen atoms in total. The predicted octanol–water partition coefficient (Wildman–Crippen LogP) is 2.29. The van der Waals surface area contributed by atoms with Crippen LogP contribution < -0.4 is 31.3 Å². The summed E-state index contributed by atoms with van der Waals surface area (Å²) in [6.45, 7) is 9.69. The Labute approximate surface area is 177 Å². The highest BCUT2D eigenvalue weighted by Gasteiger charge is 2.31. The van der Waals surface area contributed by atoms with Crippen molar-refractivity contribution in [3.8, 4) is 5.75 Å². The molecule has 0 radical (unpaired) electrons. The van der Waals surface area contributed by atoms with Crippen LogP contribution in [0.15, 0.2) is 18.2 Å². The molecule has 166 valence electrons. The van der Waals surface area contributed by atoms with E-state index in [2.05, 4.69) is 70.5 Å². The lowest BCUT2D eigenvalue weighted by molar-refractivity contribution is 0.0616. The fraction of sp³-hybridized carbons (Fsp3) is 0.727. The molecule has 29 heavy (non-hydrogen) atoms. The van der Waals surface area contributed by atoms with Crippen LogP contribution in [-0.4, -0.2) is 64.2 Å². The average Bonchev–Trinajstić information content (AvgIpc) is 2.73. The van der Waals surface area contributed by atoms with Gasteiger partial charge in [-0.1, -0.05) is 13.3 Å². The minimum atomic E-state index is 0.0940. The zero-order valence-corrected chi connectivity index (χ0v) is 19.1. The third-order valence-electron chi connectivity index (χ3n) is 5.78. The summed E-state index contributed by atoms with van der Waals surface area (Å²) in [5.41, 5.74) is 2.27. The van der Waals surface area contributed by atoms with Crippen molar-refractivity contribution in [1.82, 2.24) is 26.2 Å². The van der Waals surface area contributed by atoms with Gasteiger partial charge in [-0.2, -0.15) is 0 Å². The molecule has 4 unspecified atom stereocenters. The molecule has 0 aromatic heterocycles. The molecule has 1 aromatic carbocycles. The van der Waals surface area contributed by atoms with Crippen molar-refractivity contribution in [2.75, 3.05) is 46.2 Å². The number of ether oxygens (including phenoxy) is 1. The van der Waals surface area contributed by atoms with E-state index in [1.165, 1.54) is 18.4 Å². The molecule has 0 bridgehead atoms. The lowest BCUT2D eigenvalue weighted by Gasteiger charge is -2.45. The summed E-state index contributed by atoms with van der Waals surface area (Å²) in [7, 11) is 5.73. The van der Waals surface area contributed by atoms with Gasteiger partial charge in [0.05, 0.1) is 13.3 Å². The molecule has 1 aliphatic rings. The van der Waals surface area contributed by atoms with E-state index in [0.717, 1.165) is 37.5 Å². The van der Waals surface area contributed by atoms with Gasteiger partial charge in [-0.15, -0.1) is 0 Å². The lowest BCUT2D eigenvalue weighted by atomic mass is 10.1. The SMILES string of the molecule is CCCCN1C(C)CC(NC)NC1Nc1ccc(OC)c(C(C)NCCNC)c1. The second-order valence-electron chi connectivity index (χ2n) is 7.97. The standard InChI is InChI=1S/C22H42N6O/c1-7-8-13-28-16(2)14-21(24-5)27-22(28)26-18-9-10-20(29-6)19(15-18)17(3)25-12-11-23-4/h9-10,15-17,21-27H,7-8,11-14H2,1-6H3. The van der Waals surface area contributed by atoms with Gasteiger partial charge in [-0.05, 0) is 59.0 Å². The largest absolute Gasteiger partial charge is 0.496 e. The molecule has 0 aliphatic carbocycles. The number of anilines is 1. The minimum absolute atomic E-state index is 0.0940. The fourth-order valence-corrected chi connectivity index (χ4v) is 3.95. The van der Waals surface area contributed by atoms with Gasteiger partial charge in [0.1, 0.15) is 12.0 Å². The molecule has 0 amide bonds. The van der Waals surface area contributed by atoms with E-state index in [1.54, 1.807) is 7.11 Å². The smallest absolute Gasteiger partial charge is 0.136 e. The Kier molecular flexibility index (Phi) is 10.2. The summed E-state index contributed by atoms with van der Waals surface area (Å²) in [4.78, 5) is 2.54. The van der Waals surface area contributed by atoms with Gasteiger partial charge >= 0.3 is 0 Å². The van der Waals surface area contributed by atoms with Crippen LogP contribution >= 0.6 is 0 Å². The number of rotatable bonds is 12. The number of benzene rings is 1. The number of hydrogen-bond acceptors (Lipinski definition) is 7. The maximum Gasteiger partial charge on any atom is 0.136 e. The van der Waals surface area contributed by atoms with Crippen molar-refractivity contribution < 1.29 is 4.74 Å². The van der Waals surface area contributed by atoms with Crippen LogP contribution in [0, 0.1) is 0 Å². The van der Waals surface area contributed by atoms with Gasteiger partial charge in [-0.3, -0.25) is 10.2 Å². The van der Waals surface area contributed by atoms with Crippen molar-refractivity contribution in [2.45, 2.75) is 64.6 Å². The van der Waals surface area contributed by atoms with Gasteiger partial charge in [0.2, 0.25) is 0 Å². The molecule has 4 atom stereocenters. The summed E-state index contributed by atoms with van der Waals surface area (Å²) in [5, 5.41) is 17.6. The van der Waals surface area contributed by atoms with Crippen molar-refractivity contribution in [2.24, 2.45) is 0 Å². The summed E-state index contributed by atoms with van der Waals surface area (Å²) >= 11 is 0. The van der Waals surface area contributed by atoms with Crippen LogP contribution in [0.3, 0.4) is 0 Å². The number of nitrogens with one attached hydrogen (secondary N) is 5. The summed E-state index contributed by atoms with van der Waals surface area (Å²) in [5.74, 6) is 0.918. The minimum Gasteiger partial charge on any atom is -0.496 e. The first-order valence-electron chi connectivity index (χ1n) is 11.1. The van der Waals surface area contributed by atoms with Crippen molar-refractivity contribution in [3.05, 3.63) is 23.8 Å². The quantitative estimate of drug-likeness (QED) is 0.341. The van der Waals surface area contributed by atoms with Crippen LogP contribution in [0.25, 0.3) is 0 Å². The maximum atomic E-state index is 5.62. The van der Waals surface area contributed by atoms with Gasteiger partial charge in [-0.25, -0.2) is 0 Å². The topological polar surface area (TPSA) is 72.6 Å². The monoisotopic (exact) mass is 406 g/mol. The zero-order valence-electron chi connectivity index (χ0n) is 19.1. The number of hydrogen-bond donors (Lipinski definition) is 5. The molecule has 1 saturated heterocycles.